The number of hydrogen-bond acceptors (Lipinski definition) is 4. The molecule has 0 amide bonds. The van der Waals surface area contributed by atoms with E-state index in [1.54, 1.807) is 0 Å². The summed E-state index contributed by atoms with van der Waals surface area (Å²) in [4.78, 5) is 11.2. The number of carboxylic acid groups (broad SMARTS) is 1. The first-order valence-corrected chi connectivity index (χ1v) is 13.6. The number of carbonyl (C=O) groups is 1. The molecule has 0 aromatic heterocycles. The Balaban J connectivity index is 1.28. The van der Waals surface area contributed by atoms with Gasteiger partial charge in [0.25, 0.3) is 0 Å². The largest absolute Gasteiger partial charge is 0.491 e. The lowest BCUT2D eigenvalue weighted by molar-refractivity contribution is -0.148. The highest BCUT2D eigenvalue weighted by molar-refractivity contribution is 5.76. The number of methoxy groups -OCH3 is 1. The van der Waals surface area contributed by atoms with Crippen LogP contribution in [0.15, 0.2) is 97.1 Å². The SMILES string of the molecule is COC(Cc1ccc(OCCOC2c3ccccc3C=Cc3cc(C(C)c4ccccc4)ccc32)cc1)C(=O)O. The number of rotatable bonds is 11. The minimum atomic E-state index is -0.973. The van der Waals surface area contributed by atoms with E-state index in [9.17, 15) is 9.90 Å². The molecule has 0 aliphatic heterocycles. The molecule has 4 aromatic carbocycles. The molecule has 0 fully saturated rings. The molecule has 204 valence electrons. The molecule has 40 heavy (non-hydrogen) atoms. The molecule has 0 bridgehead atoms. The van der Waals surface area contributed by atoms with Gasteiger partial charge in [0.2, 0.25) is 0 Å². The maximum absolute atomic E-state index is 11.2. The first kappa shape index (κ1) is 27.4. The van der Waals surface area contributed by atoms with Crippen LogP contribution in [0.4, 0.5) is 0 Å². The van der Waals surface area contributed by atoms with Gasteiger partial charge in [0.1, 0.15) is 18.5 Å². The van der Waals surface area contributed by atoms with Crippen molar-refractivity contribution in [1.82, 2.24) is 0 Å². The molecule has 0 saturated heterocycles. The van der Waals surface area contributed by atoms with E-state index in [1.807, 2.05) is 30.3 Å². The Morgan fingerprint density at radius 3 is 2.25 bits per heavy atom. The first-order valence-electron chi connectivity index (χ1n) is 13.6. The van der Waals surface area contributed by atoms with Crippen LogP contribution in [0, 0.1) is 0 Å². The number of fused-ring (bicyclic) bond motifs is 2. The van der Waals surface area contributed by atoms with Crippen LogP contribution in [0.1, 0.15) is 57.9 Å². The minimum Gasteiger partial charge on any atom is -0.491 e. The molecule has 0 spiro atoms. The summed E-state index contributed by atoms with van der Waals surface area (Å²) in [6, 6.07) is 33.0. The van der Waals surface area contributed by atoms with Crippen LogP contribution < -0.4 is 4.74 Å². The molecule has 0 saturated carbocycles. The molecule has 4 aromatic rings. The number of hydrogen-bond donors (Lipinski definition) is 1. The molecule has 0 radical (unpaired) electrons. The Bertz CT molecular complexity index is 1460. The van der Waals surface area contributed by atoms with E-state index >= 15 is 0 Å². The van der Waals surface area contributed by atoms with Gasteiger partial charge in [-0.2, -0.15) is 0 Å². The predicted octanol–water partition coefficient (Wildman–Crippen LogP) is 7.15. The summed E-state index contributed by atoms with van der Waals surface area (Å²) in [6.07, 6.45) is 3.59. The quantitative estimate of drug-likeness (QED) is 0.207. The van der Waals surface area contributed by atoms with Gasteiger partial charge in [0.15, 0.2) is 6.10 Å². The van der Waals surface area contributed by atoms with Crippen molar-refractivity contribution in [3.8, 4) is 5.75 Å². The van der Waals surface area contributed by atoms with Crippen molar-refractivity contribution < 1.29 is 24.1 Å². The molecule has 3 atom stereocenters. The average molecular weight is 535 g/mol. The number of carboxylic acids is 1. The monoisotopic (exact) mass is 534 g/mol. The fourth-order valence-electron chi connectivity index (χ4n) is 5.14. The van der Waals surface area contributed by atoms with E-state index in [-0.39, 0.29) is 12.0 Å². The lowest BCUT2D eigenvalue weighted by atomic mass is 9.89. The van der Waals surface area contributed by atoms with E-state index in [1.165, 1.54) is 18.2 Å². The Hall–Kier alpha value is -4.19. The van der Waals surface area contributed by atoms with Crippen molar-refractivity contribution in [3.05, 3.63) is 136 Å². The summed E-state index contributed by atoms with van der Waals surface area (Å²) in [5.41, 5.74) is 8.02. The fourth-order valence-corrected chi connectivity index (χ4v) is 5.14. The highest BCUT2D eigenvalue weighted by Gasteiger charge is 2.23. The summed E-state index contributed by atoms with van der Waals surface area (Å²) in [5.74, 6) is 0.0208. The third-order valence-electron chi connectivity index (χ3n) is 7.45. The Labute approximate surface area is 235 Å². The molecule has 5 rings (SSSR count). The summed E-state index contributed by atoms with van der Waals surface area (Å²) in [6.45, 7) is 3.04. The van der Waals surface area contributed by atoms with Gasteiger partial charge in [-0.1, -0.05) is 104 Å². The molecule has 1 N–H and O–H groups in total. The Kier molecular flexibility index (Phi) is 8.74. The standard InChI is InChI=1S/C35H34O5/c1-24(26-8-4-3-5-9-26)28-16-19-32-29(23-28)15-14-27-10-6-7-11-31(27)34(32)40-21-20-39-30-17-12-25(13-18-30)22-33(38-2)35(36)37/h3-19,23-24,33-34H,20-22H2,1-2H3,(H,36,37). The van der Waals surface area contributed by atoms with E-state index in [4.69, 9.17) is 14.2 Å². The van der Waals surface area contributed by atoms with Gasteiger partial charge in [-0.15, -0.1) is 0 Å². The molecule has 3 unspecified atom stereocenters. The zero-order chi connectivity index (χ0) is 27.9. The second-order valence-electron chi connectivity index (χ2n) is 9.99. The fraction of sp³-hybridized carbons (Fsp3) is 0.229. The highest BCUT2D eigenvalue weighted by Crippen LogP contribution is 2.37. The van der Waals surface area contributed by atoms with Crippen molar-refractivity contribution in [2.75, 3.05) is 20.3 Å². The van der Waals surface area contributed by atoms with Gasteiger partial charge < -0.3 is 19.3 Å². The van der Waals surface area contributed by atoms with Gasteiger partial charge in [-0.05, 0) is 51.1 Å². The molecule has 1 aliphatic rings. The van der Waals surface area contributed by atoms with Crippen molar-refractivity contribution in [2.45, 2.75) is 31.5 Å². The summed E-state index contributed by atoms with van der Waals surface area (Å²) >= 11 is 0. The van der Waals surface area contributed by atoms with Crippen LogP contribution in [0.3, 0.4) is 0 Å². The molecule has 5 heteroatoms. The van der Waals surface area contributed by atoms with Gasteiger partial charge in [0, 0.05) is 19.4 Å². The van der Waals surface area contributed by atoms with Crippen molar-refractivity contribution in [3.63, 3.8) is 0 Å². The van der Waals surface area contributed by atoms with Crippen molar-refractivity contribution in [2.24, 2.45) is 0 Å². The molecule has 5 nitrogen and oxygen atoms in total. The van der Waals surface area contributed by atoms with Crippen molar-refractivity contribution >= 4 is 18.1 Å². The first-order chi connectivity index (χ1) is 19.5. The normalized spacial score (nSPS) is 15.4. The molecule has 1 aliphatic carbocycles. The highest BCUT2D eigenvalue weighted by atomic mass is 16.5. The molecule has 0 heterocycles. The topological polar surface area (TPSA) is 65.0 Å². The van der Waals surface area contributed by atoms with Crippen LogP contribution in [-0.4, -0.2) is 37.5 Å². The van der Waals surface area contributed by atoms with Crippen LogP contribution in [0.5, 0.6) is 5.75 Å². The third-order valence-corrected chi connectivity index (χ3v) is 7.45. The minimum absolute atomic E-state index is 0.213. The van der Waals surface area contributed by atoms with E-state index < -0.39 is 12.1 Å². The van der Waals surface area contributed by atoms with Gasteiger partial charge in [-0.25, -0.2) is 4.79 Å². The Morgan fingerprint density at radius 2 is 1.50 bits per heavy atom. The number of benzene rings is 4. The van der Waals surface area contributed by atoms with Crippen molar-refractivity contribution in [1.29, 1.82) is 0 Å². The van der Waals surface area contributed by atoms with Gasteiger partial charge in [-0.3, -0.25) is 0 Å². The predicted molar refractivity (Wildman–Crippen MR) is 158 cm³/mol. The third kappa shape index (κ3) is 6.33. The Morgan fingerprint density at radius 1 is 0.800 bits per heavy atom. The van der Waals surface area contributed by atoms with Crippen LogP contribution >= 0.6 is 0 Å². The van der Waals surface area contributed by atoms with Gasteiger partial charge >= 0.3 is 5.97 Å². The molecular formula is C35H34O5. The van der Waals surface area contributed by atoms with Crippen LogP contribution in [-0.2, 0) is 20.7 Å². The summed E-state index contributed by atoms with van der Waals surface area (Å²) in [7, 11) is 1.40. The number of aliphatic carboxylic acids is 1. The maximum atomic E-state index is 11.2. The van der Waals surface area contributed by atoms with E-state index in [0.29, 0.717) is 25.4 Å². The van der Waals surface area contributed by atoms with Crippen LogP contribution in [0.2, 0.25) is 0 Å². The summed E-state index contributed by atoms with van der Waals surface area (Å²) in [5, 5.41) is 9.20. The summed E-state index contributed by atoms with van der Waals surface area (Å²) < 4.78 is 17.5. The zero-order valence-electron chi connectivity index (χ0n) is 22.8. The zero-order valence-corrected chi connectivity index (χ0v) is 22.8. The lowest BCUT2D eigenvalue weighted by Crippen LogP contribution is -2.24. The smallest absolute Gasteiger partial charge is 0.333 e. The second kappa shape index (κ2) is 12.8. The lowest BCUT2D eigenvalue weighted by Gasteiger charge is -2.22. The molecular weight excluding hydrogens is 500 g/mol. The average Bonchev–Trinajstić information content (AvgIpc) is 3.15. The maximum Gasteiger partial charge on any atom is 0.333 e. The van der Waals surface area contributed by atoms with E-state index in [0.717, 1.165) is 27.8 Å². The van der Waals surface area contributed by atoms with Gasteiger partial charge in [0.05, 0.1) is 6.61 Å². The number of ether oxygens (including phenoxy) is 3. The van der Waals surface area contributed by atoms with Crippen LogP contribution in [0.25, 0.3) is 12.2 Å². The second-order valence-corrected chi connectivity index (χ2v) is 9.99. The van der Waals surface area contributed by atoms with E-state index in [2.05, 4.69) is 85.8 Å².